The molecule has 68 heavy (non-hydrogen) atoms. The molecule has 354 valence electrons. The van der Waals surface area contributed by atoms with Crippen molar-refractivity contribution in [2.75, 3.05) is 13.2 Å². The van der Waals surface area contributed by atoms with Gasteiger partial charge in [0, 0.05) is 29.0 Å². The Kier molecular flexibility index (Phi) is 13.5. The van der Waals surface area contributed by atoms with Gasteiger partial charge in [0.1, 0.15) is 29.0 Å². The summed E-state index contributed by atoms with van der Waals surface area (Å²) in [5, 5.41) is 35.7. The van der Waals surface area contributed by atoms with Crippen molar-refractivity contribution in [3.05, 3.63) is 123 Å². The number of fused-ring (bicyclic) bond motifs is 3. The smallest absolute Gasteiger partial charge is 0.306 e. The van der Waals surface area contributed by atoms with Crippen LogP contribution in [-0.4, -0.2) is 95.6 Å². The minimum Gasteiger partial charge on any atom is -0.481 e. The molecule has 0 unspecified atom stereocenters. The van der Waals surface area contributed by atoms with Crippen LogP contribution in [0.1, 0.15) is 97.1 Å². The molecule has 0 spiro atoms. The number of nitrogens with one attached hydrogen (secondary N) is 2. The minimum atomic E-state index is -1.11. The maximum atomic E-state index is 15.7. The molecule has 5 atom stereocenters. The molecule has 1 saturated heterocycles. The number of aromatic nitrogens is 4. The number of carboxylic acid groups (broad SMARTS) is 1. The van der Waals surface area contributed by atoms with Gasteiger partial charge in [0.05, 0.1) is 40.4 Å². The molecule has 0 bridgehead atoms. The lowest BCUT2D eigenvalue weighted by atomic mass is 9.85. The summed E-state index contributed by atoms with van der Waals surface area (Å²) in [6, 6.07) is 16.4. The minimum absolute atomic E-state index is 0.0338. The van der Waals surface area contributed by atoms with Crippen LogP contribution < -0.4 is 15.4 Å². The Labute approximate surface area is 401 Å². The lowest BCUT2D eigenvalue weighted by molar-refractivity contribution is -0.144. The van der Waals surface area contributed by atoms with E-state index in [1.807, 2.05) is 87.7 Å². The van der Waals surface area contributed by atoms with E-state index in [2.05, 4.69) is 25.8 Å². The Morgan fingerprint density at radius 2 is 1.60 bits per heavy atom. The molecular weight excluding hydrogens is 908 g/mol. The number of aliphatic carboxylic acids is 1. The molecule has 8 rings (SSSR count). The third-order valence-electron chi connectivity index (χ3n) is 12.4. The van der Waals surface area contributed by atoms with Crippen molar-refractivity contribution in [3.8, 4) is 32.3 Å². The van der Waals surface area contributed by atoms with Crippen LogP contribution in [0.2, 0.25) is 0 Å². The van der Waals surface area contributed by atoms with Gasteiger partial charge in [-0.3, -0.25) is 28.7 Å². The maximum Gasteiger partial charge on any atom is 0.306 e. The number of carbonyl (C=O) groups excluding carboxylic acids is 3. The second-order valence-corrected chi connectivity index (χ2v) is 20.4. The van der Waals surface area contributed by atoms with Gasteiger partial charge in [0.2, 0.25) is 11.8 Å². The highest BCUT2D eigenvalue weighted by atomic mass is 32.1. The monoisotopic (exact) mass is 960 g/mol. The fraction of sp³-hybridized carbons (Fsp3) is 0.360. The van der Waals surface area contributed by atoms with E-state index in [9.17, 15) is 29.4 Å². The number of hydrogen-bond acceptors (Lipinski definition) is 12. The molecule has 15 nitrogen and oxygen atoms in total. The highest BCUT2D eigenvalue weighted by Crippen LogP contribution is 2.40. The van der Waals surface area contributed by atoms with Crippen LogP contribution in [0.5, 0.6) is 5.75 Å². The van der Waals surface area contributed by atoms with E-state index in [0.717, 1.165) is 48.3 Å². The summed E-state index contributed by atoms with van der Waals surface area (Å²) in [4.78, 5) is 66.1. The molecule has 5 heterocycles. The molecule has 6 aromatic rings. The summed E-state index contributed by atoms with van der Waals surface area (Å²) >= 11 is 3.12. The molecule has 0 radical (unpaired) electrons. The summed E-state index contributed by atoms with van der Waals surface area (Å²) in [6.07, 6.45) is -1.18. The van der Waals surface area contributed by atoms with Crippen molar-refractivity contribution in [1.29, 1.82) is 0 Å². The topological polar surface area (TPSA) is 201 Å². The predicted octanol–water partition coefficient (Wildman–Crippen LogP) is 7.61. The van der Waals surface area contributed by atoms with Crippen molar-refractivity contribution in [3.63, 3.8) is 0 Å². The van der Waals surface area contributed by atoms with Gasteiger partial charge in [-0.05, 0) is 80.0 Å². The Morgan fingerprint density at radius 3 is 2.25 bits per heavy atom. The van der Waals surface area contributed by atoms with E-state index in [-0.39, 0.29) is 25.1 Å². The summed E-state index contributed by atoms with van der Waals surface area (Å²) in [7, 11) is 0. The first-order chi connectivity index (χ1) is 32.3. The number of hydrogen-bond donors (Lipinski definition) is 4. The van der Waals surface area contributed by atoms with Gasteiger partial charge in [-0.1, -0.05) is 75.4 Å². The van der Waals surface area contributed by atoms with Crippen LogP contribution in [-0.2, 0) is 19.2 Å². The summed E-state index contributed by atoms with van der Waals surface area (Å²) < 4.78 is 23.2. The predicted molar refractivity (Wildman–Crippen MR) is 258 cm³/mol. The average molecular weight is 961 g/mol. The fourth-order valence-corrected chi connectivity index (χ4v) is 10.7. The number of thiophene rings is 1. The number of nitrogens with zero attached hydrogens (tertiary/aromatic N) is 6. The number of benzene rings is 3. The molecule has 2 aliphatic heterocycles. The first-order valence-corrected chi connectivity index (χ1v) is 23.9. The average Bonchev–Trinajstić information content (AvgIpc) is 4.06. The Morgan fingerprint density at radius 1 is 0.926 bits per heavy atom. The van der Waals surface area contributed by atoms with E-state index in [1.165, 1.54) is 17.0 Å². The van der Waals surface area contributed by atoms with Gasteiger partial charge >= 0.3 is 5.97 Å². The molecule has 0 aliphatic carbocycles. The van der Waals surface area contributed by atoms with E-state index in [4.69, 9.17) is 9.73 Å². The Hall–Kier alpha value is -6.63. The Balaban J connectivity index is 0.918. The number of aliphatic hydroxyl groups excluding tert-OH is 1. The molecular formula is C50H53FN8O7S2. The fourth-order valence-electron chi connectivity index (χ4n) is 8.67. The first kappa shape index (κ1) is 47.8. The van der Waals surface area contributed by atoms with Gasteiger partial charge in [-0.2, -0.15) is 0 Å². The third kappa shape index (κ3) is 9.70. The molecule has 3 aromatic heterocycles. The van der Waals surface area contributed by atoms with Crippen LogP contribution >= 0.6 is 22.7 Å². The SMILES string of the molecule is Cc1ncsc1-c1ccc([C@H](C)NC(=O)[C@@H]2C[C@@H](O)CN2C(=O)[C@@H](NC(=O)COc2ccc(-c3ccc(C4=N[C@@H](CC(=O)O)c5nnc(C)n5-c5sc(C)c(C)c54)cc3)cc2F)C(C)(C)C)cc1. The lowest BCUT2D eigenvalue weighted by Crippen LogP contribution is -2.58. The quantitative estimate of drug-likeness (QED) is 0.0893. The molecule has 2 aliphatic rings. The number of likely N-dealkylation sites (tertiary alicyclic amines) is 1. The van der Waals surface area contributed by atoms with Crippen LogP contribution in [0.15, 0.2) is 77.2 Å². The van der Waals surface area contributed by atoms with Crippen molar-refractivity contribution >= 4 is 52.1 Å². The molecule has 3 amide bonds. The number of carboxylic acids is 1. The number of amides is 3. The second kappa shape index (κ2) is 19.2. The molecule has 0 saturated carbocycles. The number of aliphatic hydroxyl groups is 1. The van der Waals surface area contributed by atoms with Crippen LogP contribution in [0.25, 0.3) is 26.6 Å². The number of thiazole rings is 1. The lowest BCUT2D eigenvalue weighted by Gasteiger charge is -2.35. The maximum absolute atomic E-state index is 15.7. The van der Waals surface area contributed by atoms with Crippen molar-refractivity contribution in [2.24, 2.45) is 10.4 Å². The van der Waals surface area contributed by atoms with Gasteiger partial charge in [-0.25, -0.2) is 9.37 Å². The normalized spacial score (nSPS) is 17.6. The van der Waals surface area contributed by atoms with Crippen molar-refractivity contribution < 1.29 is 38.5 Å². The van der Waals surface area contributed by atoms with E-state index in [1.54, 1.807) is 55.0 Å². The number of β-amino-alcohol motifs (C(OH)–C–C–N with tert-alkyl or cyclic N) is 1. The summed E-state index contributed by atoms with van der Waals surface area (Å²) in [6.45, 7) is 14.3. The zero-order valence-corrected chi connectivity index (χ0v) is 40.6. The van der Waals surface area contributed by atoms with Gasteiger partial charge in [0.25, 0.3) is 5.91 Å². The number of aliphatic imine (C=N–C) groups is 1. The van der Waals surface area contributed by atoms with Crippen molar-refractivity contribution in [2.45, 2.75) is 98.5 Å². The number of rotatable bonds is 13. The number of halogens is 1. The number of ether oxygens (including phenoxy) is 1. The zero-order chi connectivity index (χ0) is 48.8. The highest BCUT2D eigenvalue weighted by molar-refractivity contribution is 7.15. The van der Waals surface area contributed by atoms with Crippen LogP contribution in [0, 0.1) is 38.9 Å². The van der Waals surface area contributed by atoms with Crippen LogP contribution in [0.4, 0.5) is 4.39 Å². The molecule has 3 aromatic carbocycles. The summed E-state index contributed by atoms with van der Waals surface area (Å²) in [5.74, 6) is -2.44. The second-order valence-electron chi connectivity index (χ2n) is 18.4. The van der Waals surface area contributed by atoms with E-state index in [0.29, 0.717) is 28.5 Å². The summed E-state index contributed by atoms with van der Waals surface area (Å²) in [5.41, 5.74) is 8.31. The largest absolute Gasteiger partial charge is 0.481 e. The van der Waals surface area contributed by atoms with Gasteiger partial charge in [-0.15, -0.1) is 32.9 Å². The van der Waals surface area contributed by atoms with E-state index < -0.39 is 71.8 Å². The Bertz CT molecular complexity index is 2940. The first-order valence-electron chi connectivity index (χ1n) is 22.2. The van der Waals surface area contributed by atoms with Crippen molar-refractivity contribution in [1.82, 2.24) is 35.3 Å². The molecule has 4 N–H and O–H groups in total. The van der Waals surface area contributed by atoms with Crippen LogP contribution in [0.3, 0.4) is 0 Å². The van der Waals surface area contributed by atoms with E-state index >= 15 is 4.39 Å². The standard InChI is InChI=1S/C50H53FN8O7S2/c1-25-28(4)68-49-42(25)43(54-37(21-41(62)63)46-57-56-29(5)59(46)49)32-13-11-31(12-14-32)34-17-18-39(36(51)19-34)66-23-40(61)55-45(50(6,7)8)48(65)58-22-35(60)20-38(58)47(64)53-26(2)30-9-15-33(16-10-30)44-27(3)52-24-67-44/h9-19,24,26,35,37-38,45,60H,20-23H2,1-8H3,(H,53,64)(H,55,61)(H,62,63)/t26-,35+,37-,38-,45+/m0/s1. The highest BCUT2D eigenvalue weighted by Gasteiger charge is 2.45. The molecule has 1 fully saturated rings. The third-order valence-corrected chi connectivity index (χ3v) is 14.6. The number of carbonyl (C=O) groups is 4. The van der Waals surface area contributed by atoms with Gasteiger partial charge in [0.15, 0.2) is 24.0 Å². The zero-order valence-electron chi connectivity index (χ0n) is 39.0. The molecule has 18 heteroatoms. The number of aryl methyl sites for hydroxylation is 3. The van der Waals surface area contributed by atoms with Gasteiger partial charge < -0.3 is 30.5 Å².